The van der Waals surface area contributed by atoms with E-state index in [1.54, 1.807) is 13.0 Å². The van der Waals surface area contributed by atoms with Gasteiger partial charge in [-0.15, -0.1) is 0 Å². The first-order valence-electron chi connectivity index (χ1n) is 12.3. The zero-order chi connectivity index (χ0) is 26.0. The van der Waals surface area contributed by atoms with Crippen LogP contribution in [0.25, 0.3) is 0 Å². The second-order valence-electron chi connectivity index (χ2n) is 10.4. The van der Waals surface area contributed by atoms with Crippen LogP contribution in [0.5, 0.6) is 5.75 Å². The smallest absolute Gasteiger partial charge is 0.265 e. The van der Waals surface area contributed by atoms with Gasteiger partial charge in [0.25, 0.3) is 5.91 Å². The number of fused-ring (bicyclic) bond motifs is 1. The molecule has 5 nitrogen and oxygen atoms in total. The standard InChI is InChI=1S/C30H33FN2O3/c1-19-9-12-24(13-10-19)32-28(34)20(2)36-25-14-11-21-15-16-33(29(35)30(3,4)5)27(26(21)18-25)22-7-6-8-23(31)17-22/h6-14,17-18,20,27H,15-16H2,1-5H3,(H,32,34). The molecule has 36 heavy (non-hydrogen) atoms. The maximum absolute atomic E-state index is 14.2. The summed E-state index contributed by atoms with van der Waals surface area (Å²) in [5.41, 5.74) is 3.89. The lowest BCUT2D eigenvalue weighted by Gasteiger charge is -2.41. The molecule has 2 atom stereocenters. The van der Waals surface area contributed by atoms with E-state index in [4.69, 9.17) is 4.74 Å². The monoisotopic (exact) mass is 488 g/mol. The van der Waals surface area contributed by atoms with Crippen molar-refractivity contribution in [1.29, 1.82) is 0 Å². The van der Waals surface area contributed by atoms with E-state index in [2.05, 4.69) is 5.32 Å². The van der Waals surface area contributed by atoms with Gasteiger partial charge in [0.05, 0.1) is 6.04 Å². The third-order valence-electron chi connectivity index (χ3n) is 6.41. The number of nitrogens with zero attached hydrogens (tertiary/aromatic N) is 1. The summed E-state index contributed by atoms with van der Waals surface area (Å²) in [6.45, 7) is 9.90. The fraction of sp³-hybridized carbons (Fsp3) is 0.333. The van der Waals surface area contributed by atoms with Gasteiger partial charge in [0, 0.05) is 17.6 Å². The molecule has 0 radical (unpaired) electrons. The summed E-state index contributed by atoms with van der Waals surface area (Å²) in [7, 11) is 0. The van der Waals surface area contributed by atoms with Crippen LogP contribution in [0.4, 0.5) is 10.1 Å². The van der Waals surface area contributed by atoms with Gasteiger partial charge in [0.2, 0.25) is 5.91 Å². The molecule has 0 saturated carbocycles. The molecule has 1 N–H and O–H groups in total. The van der Waals surface area contributed by atoms with Crippen molar-refractivity contribution in [3.63, 3.8) is 0 Å². The molecule has 0 aromatic heterocycles. The average molecular weight is 489 g/mol. The van der Waals surface area contributed by atoms with Crippen LogP contribution in [0.1, 0.15) is 56.0 Å². The maximum atomic E-state index is 14.2. The highest BCUT2D eigenvalue weighted by atomic mass is 19.1. The second kappa shape index (κ2) is 10.1. The Morgan fingerprint density at radius 2 is 1.78 bits per heavy atom. The van der Waals surface area contributed by atoms with Crippen molar-refractivity contribution in [2.24, 2.45) is 5.41 Å². The average Bonchev–Trinajstić information content (AvgIpc) is 2.83. The molecule has 0 fully saturated rings. The summed E-state index contributed by atoms with van der Waals surface area (Å²) in [6, 6.07) is 19.2. The van der Waals surface area contributed by atoms with E-state index in [9.17, 15) is 14.0 Å². The molecule has 2 amide bonds. The molecule has 0 bridgehead atoms. The Kier molecular flexibility index (Phi) is 7.16. The first-order chi connectivity index (χ1) is 17.0. The lowest BCUT2D eigenvalue weighted by atomic mass is 9.85. The molecular formula is C30H33FN2O3. The van der Waals surface area contributed by atoms with Crippen LogP contribution in [0, 0.1) is 18.2 Å². The van der Waals surface area contributed by atoms with Gasteiger partial charge in [0.1, 0.15) is 11.6 Å². The second-order valence-corrected chi connectivity index (χ2v) is 10.4. The third-order valence-corrected chi connectivity index (χ3v) is 6.41. The summed E-state index contributed by atoms with van der Waals surface area (Å²) in [5.74, 6) is -0.0919. The van der Waals surface area contributed by atoms with E-state index in [1.165, 1.54) is 12.1 Å². The minimum atomic E-state index is -0.743. The molecular weight excluding hydrogens is 455 g/mol. The largest absolute Gasteiger partial charge is 0.481 e. The van der Waals surface area contributed by atoms with Crippen LogP contribution >= 0.6 is 0 Å². The molecule has 6 heteroatoms. The molecule has 0 aliphatic carbocycles. The number of benzene rings is 3. The SMILES string of the molecule is Cc1ccc(NC(=O)C(C)Oc2ccc3c(c2)C(c2cccc(F)c2)N(C(=O)C(C)(C)C)CC3)cc1. The highest BCUT2D eigenvalue weighted by Crippen LogP contribution is 2.39. The van der Waals surface area contributed by atoms with E-state index >= 15 is 0 Å². The third kappa shape index (κ3) is 5.59. The van der Waals surface area contributed by atoms with Crippen molar-refractivity contribution in [2.75, 3.05) is 11.9 Å². The Balaban J connectivity index is 1.63. The van der Waals surface area contributed by atoms with Gasteiger partial charge >= 0.3 is 0 Å². The van der Waals surface area contributed by atoms with Gasteiger partial charge in [-0.05, 0) is 73.4 Å². The topological polar surface area (TPSA) is 58.6 Å². The van der Waals surface area contributed by atoms with E-state index < -0.39 is 17.6 Å². The minimum Gasteiger partial charge on any atom is -0.481 e. The Bertz CT molecular complexity index is 1260. The molecule has 0 spiro atoms. The van der Waals surface area contributed by atoms with Gasteiger partial charge in [0.15, 0.2) is 6.10 Å². The number of ether oxygens (including phenoxy) is 1. The van der Waals surface area contributed by atoms with Crippen LogP contribution in [-0.2, 0) is 16.0 Å². The number of halogens is 1. The van der Waals surface area contributed by atoms with Crippen LogP contribution in [0.15, 0.2) is 66.7 Å². The van der Waals surface area contributed by atoms with Crippen molar-refractivity contribution in [3.05, 3.63) is 94.8 Å². The molecule has 2 unspecified atom stereocenters. The van der Waals surface area contributed by atoms with Gasteiger partial charge < -0.3 is 15.0 Å². The highest BCUT2D eigenvalue weighted by Gasteiger charge is 2.37. The molecule has 1 heterocycles. The predicted molar refractivity (Wildman–Crippen MR) is 139 cm³/mol. The van der Waals surface area contributed by atoms with Gasteiger partial charge in [-0.1, -0.05) is 56.7 Å². The molecule has 4 rings (SSSR count). The summed E-state index contributed by atoms with van der Waals surface area (Å²) in [6.07, 6.45) is -0.0555. The number of rotatable bonds is 5. The van der Waals surface area contributed by atoms with Gasteiger partial charge in [-0.25, -0.2) is 4.39 Å². The Labute approximate surface area is 212 Å². The van der Waals surface area contributed by atoms with E-state index in [-0.39, 0.29) is 17.6 Å². The summed E-state index contributed by atoms with van der Waals surface area (Å²) < 4.78 is 20.2. The molecule has 0 saturated heterocycles. The predicted octanol–water partition coefficient (Wildman–Crippen LogP) is 6.06. The zero-order valence-electron chi connectivity index (χ0n) is 21.5. The number of carbonyl (C=O) groups is 2. The number of anilines is 1. The van der Waals surface area contributed by atoms with Gasteiger partial charge in [-0.3, -0.25) is 9.59 Å². The van der Waals surface area contributed by atoms with Crippen LogP contribution in [0.2, 0.25) is 0 Å². The van der Waals surface area contributed by atoms with E-state index in [1.807, 2.05) is 81.1 Å². The number of aryl methyl sites for hydroxylation is 1. The Hall–Kier alpha value is -3.67. The lowest BCUT2D eigenvalue weighted by molar-refractivity contribution is -0.141. The number of amides is 2. The normalized spacial score (nSPS) is 16.2. The van der Waals surface area contributed by atoms with Crippen molar-refractivity contribution < 1.29 is 18.7 Å². The summed E-state index contributed by atoms with van der Waals surface area (Å²) in [4.78, 5) is 28.0. The van der Waals surface area contributed by atoms with Crippen molar-refractivity contribution in [2.45, 2.75) is 53.2 Å². The van der Waals surface area contributed by atoms with E-state index in [0.717, 1.165) is 16.7 Å². The van der Waals surface area contributed by atoms with Crippen molar-refractivity contribution >= 4 is 17.5 Å². The molecule has 188 valence electrons. The highest BCUT2D eigenvalue weighted by molar-refractivity contribution is 5.94. The Morgan fingerprint density at radius 1 is 1.06 bits per heavy atom. The number of nitrogens with one attached hydrogen (secondary N) is 1. The quantitative estimate of drug-likeness (QED) is 0.475. The first kappa shape index (κ1) is 25.4. The van der Waals surface area contributed by atoms with E-state index in [0.29, 0.717) is 30.0 Å². The van der Waals surface area contributed by atoms with Gasteiger partial charge in [-0.2, -0.15) is 0 Å². The molecule has 1 aliphatic rings. The van der Waals surface area contributed by atoms with Crippen LogP contribution < -0.4 is 10.1 Å². The van der Waals surface area contributed by atoms with Crippen molar-refractivity contribution in [3.8, 4) is 5.75 Å². The van der Waals surface area contributed by atoms with Crippen LogP contribution in [0.3, 0.4) is 0 Å². The molecule has 1 aliphatic heterocycles. The zero-order valence-corrected chi connectivity index (χ0v) is 21.5. The lowest BCUT2D eigenvalue weighted by Crippen LogP contribution is -2.45. The van der Waals surface area contributed by atoms with Crippen LogP contribution in [-0.4, -0.2) is 29.4 Å². The number of carbonyl (C=O) groups excluding carboxylic acids is 2. The van der Waals surface area contributed by atoms with Crippen molar-refractivity contribution in [1.82, 2.24) is 4.90 Å². The summed E-state index contributed by atoms with van der Waals surface area (Å²) >= 11 is 0. The summed E-state index contributed by atoms with van der Waals surface area (Å²) in [5, 5.41) is 2.87. The minimum absolute atomic E-state index is 0.000392. The number of hydrogen-bond donors (Lipinski definition) is 1. The Morgan fingerprint density at radius 3 is 2.44 bits per heavy atom. The molecule has 3 aromatic carbocycles. The molecule has 3 aromatic rings. The fourth-order valence-electron chi connectivity index (χ4n) is 4.49. The number of hydrogen-bond acceptors (Lipinski definition) is 3. The first-order valence-corrected chi connectivity index (χ1v) is 12.3. The fourth-order valence-corrected chi connectivity index (χ4v) is 4.49. The maximum Gasteiger partial charge on any atom is 0.265 e.